The van der Waals surface area contributed by atoms with Crippen molar-refractivity contribution in [2.45, 2.75) is 19.6 Å². The maximum absolute atomic E-state index is 12.9. The minimum atomic E-state index is -0.288. The normalized spacial score (nSPS) is 13.9. The number of hydrogen-bond donors (Lipinski definition) is 5. The second kappa shape index (κ2) is 9.83. The molecular formula is C22H22Cl2N6O2. The molecule has 2 heterocycles. The van der Waals surface area contributed by atoms with Gasteiger partial charge in [0.05, 0.1) is 17.2 Å². The topological polar surface area (TPSA) is 99.3 Å². The molecule has 4 rings (SSSR count). The van der Waals surface area contributed by atoms with Crippen molar-refractivity contribution in [1.82, 2.24) is 32.2 Å². The van der Waals surface area contributed by atoms with E-state index in [-0.39, 0.29) is 12.1 Å². The van der Waals surface area contributed by atoms with E-state index in [0.29, 0.717) is 28.0 Å². The van der Waals surface area contributed by atoms with E-state index >= 15 is 0 Å². The minimum Gasteiger partial charge on any atom is -0.497 e. The van der Waals surface area contributed by atoms with Crippen LogP contribution in [0.2, 0.25) is 10.0 Å². The van der Waals surface area contributed by atoms with Gasteiger partial charge in [-0.15, -0.1) is 0 Å². The van der Waals surface area contributed by atoms with E-state index in [0.717, 1.165) is 28.0 Å². The minimum absolute atomic E-state index is 0.243. The zero-order valence-electron chi connectivity index (χ0n) is 17.4. The molecule has 0 radical (unpaired) electrons. The number of carbonyl (C=O) groups excluding carboxylic acids is 1. The van der Waals surface area contributed by atoms with Crippen LogP contribution in [0, 0.1) is 6.92 Å². The fraction of sp³-hybridized carbons (Fsp3) is 0.182. The quantitative estimate of drug-likeness (QED) is 0.374. The average molecular weight is 473 g/mol. The van der Waals surface area contributed by atoms with Crippen LogP contribution in [0.5, 0.6) is 5.75 Å². The summed E-state index contributed by atoms with van der Waals surface area (Å²) in [4.78, 5) is 17.5. The number of halogens is 2. The van der Waals surface area contributed by atoms with Crippen LogP contribution in [-0.4, -0.2) is 18.0 Å². The maximum atomic E-state index is 12.9. The summed E-state index contributed by atoms with van der Waals surface area (Å²) in [5, 5.41) is 3.81. The number of benzene rings is 2. The van der Waals surface area contributed by atoms with Gasteiger partial charge in [0.1, 0.15) is 17.6 Å². The van der Waals surface area contributed by atoms with Crippen LogP contribution in [0.25, 0.3) is 11.1 Å². The van der Waals surface area contributed by atoms with Gasteiger partial charge in [0.25, 0.3) is 5.91 Å². The SMILES string of the molecule is COc1ccc(-c2cc(C(=O)NCc3ccc(Cl)c(Cl)c3)nc(C)c2C2NNNN2)cc1. The third-order valence-corrected chi connectivity index (χ3v) is 5.84. The molecule has 3 aromatic rings. The van der Waals surface area contributed by atoms with Gasteiger partial charge >= 0.3 is 0 Å². The number of hydrogen-bond acceptors (Lipinski definition) is 7. The molecule has 1 aliphatic heterocycles. The van der Waals surface area contributed by atoms with Gasteiger partial charge in [-0.2, -0.15) is 11.1 Å². The number of methoxy groups -OCH3 is 1. The largest absolute Gasteiger partial charge is 0.497 e. The summed E-state index contributed by atoms with van der Waals surface area (Å²) in [7, 11) is 1.62. The van der Waals surface area contributed by atoms with Gasteiger partial charge in [0.2, 0.25) is 0 Å². The molecule has 10 heteroatoms. The molecule has 0 saturated carbocycles. The lowest BCUT2D eigenvalue weighted by Crippen LogP contribution is -2.33. The molecule has 0 bridgehead atoms. The summed E-state index contributed by atoms with van der Waals surface area (Å²) < 4.78 is 5.27. The molecule has 1 aromatic heterocycles. The van der Waals surface area contributed by atoms with Gasteiger partial charge in [0, 0.05) is 17.8 Å². The van der Waals surface area contributed by atoms with Gasteiger partial charge in [-0.3, -0.25) is 4.79 Å². The summed E-state index contributed by atoms with van der Waals surface area (Å²) in [6, 6.07) is 14.7. The molecule has 8 nitrogen and oxygen atoms in total. The second-order valence-electron chi connectivity index (χ2n) is 7.19. The molecule has 0 unspecified atom stereocenters. The van der Waals surface area contributed by atoms with Crippen LogP contribution in [-0.2, 0) is 6.54 Å². The molecule has 0 atom stereocenters. The van der Waals surface area contributed by atoms with Crippen molar-refractivity contribution in [2.75, 3.05) is 7.11 Å². The molecule has 0 aliphatic carbocycles. The highest BCUT2D eigenvalue weighted by Gasteiger charge is 2.24. The second-order valence-corrected chi connectivity index (χ2v) is 8.00. The smallest absolute Gasteiger partial charge is 0.270 e. The fourth-order valence-electron chi connectivity index (χ4n) is 3.49. The zero-order chi connectivity index (χ0) is 22.7. The predicted octanol–water partition coefficient (Wildman–Crippen LogP) is 3.42. The number of pyridine rings is 1. The number of amides is 1. The summed E-state index contributed by atoms with van der Waals surface area (Å²) in [5.74, 6) is 0.463. The summed E-state index contributed by atoms with van der Waals surface area (Å²) in [6.45, 7) is 2.18. The standard InChI is InChI=1S/C22H22Cl2N6O2/c1-12-20(21-27-29-30-28-21)16(14-4-6-15(32-2)7-5-14)10-19(26-12)22(31)25-11-13-3-8-17(23)18(24)9-13/h3-10,21,27-30H,11H2,1-2H3,(H,25,31). The number of rotatable bonds is 6. The maximum Gasteiger partial charge on any atom is 0.270 e. The summed E-state index contributed by atoms with van der Waals surface area (Å²) in [5.41, 5.74) is 16.4. The van der Waals surface area contributed by atoms with Crippen LogP contribution in [0.15, 0.2) is 48.5 Å². The molecule has 5 N–H and O–H groups in total. The lowest BCUT2D eigenvalue weighted by Gasteiger charge is -2.19. The Bertz CT molecular complexity index is 1130. The predicted molar refractivity (Wildman–Crippen MR) is 124 cm³/mol. The highest BCUT2D eigenvalue weighted by Crippen LogP contribution is 2.31. The van der Waals surface area contributed by atoms with Crippen molar-refractivity contribution in [1.29, 1.82) is 0 Å². The Balaban J connectivity index is 1.65. The lowest BCUT2D eigenvalue weighted by molar-refractivity contribution is 0.0945. The first kappa shape index (κ1) is 22.5. The highest BCUT2D eigenvalue weighted by atomic mass is 35.5. The molecule has 166 valence electrons. The summed E-state index contributed by atoms with van der Waals surface area (Å²) >= 11 is 12.0. The van der Waals surface area contributed by atoms with Crippen LogP contribution in [0.1, 0.15) is 33.5 Å². The van der Waals surface area contributed by atoms with Crippen molar-refractivity contribution in [3.63, 3.8) is 0 Å². The van der Waals surface area contributed by atoms with Gasteiger partial charge < -0.3 is 10.1 Å². The summed E-state index contributed by atoms with van der Waals surface area (Å²) in [6.07, 6.45) is -0.243. The van der Waals surface area contributed by atoms with E-state index in [2.05, 4.69) is 32.2 Å². The molecule has 1 saturated heterocycles. The van der Waals surface area contributed by atoms with Gasteiger partial charge in [-0.1, -0.05) is 41.4 Å². The third-order valence-electron chi connectivity index (χ3n) is 5.10. The van der Waals surface area contributed by atoms with Crippen LogP contribution in [0.3, 0.4) is 0 Å². The average Bonchev–Trinajstić information content (AvgIpc) is 3.33. The Labute approximate surface area is 195 Å². The highest BCUT2D eigenvalue weighted by molar-refractivity contribution is 6.42. The van der Waals surface area contributed by atoms with Gasteiger partial charge in [-0.25, -0.2) is 15.8 Å². The Hall–Kier alpha value is -2.72. The van der Waals surface area contributed by atoms with Gasteiger partial charge in [0.15, 0.2) is 0 Å². The monoisotopic (exact) mass is 472 g/mol. The van der Waals surface area contributed by atoms with Crippen LogP contribution < -0.4 is 32.0 Å². The first-order valence-corrected chi connectivity index (χ1v) is 10.6. The third kappa shape index (κ3) is 4.86. The van der Waals surface area contributed by atoms with Crippen molar-refractivity contribution < 1.29 is 9.53 Å². The van der Waals surface area contributed by atoms with E-state index in [1.54, 1.807) is 25.3 Å². The molecule has 1 amide bonds. The van der Waals surface area contributed by atoms with Crippen LogP contribution in [0.4, 0.5) is 0 Å². The van der Waals surface area contributed by atoms with Crippen LogP contribution >= 0.6 is 23.2 Å². The van der Waals surface area contributed by atoms with Crippen molar-refractivity contribution in [3.8, 4) is 16.9 Å². The Morgan fingerprint density at radius 2 is 1.78 bits per heavy atom. The van der Waals surface area contributed by atoms with Crippen molar-refractivity contribution in [3.05, 3.63) is 81.1 Å². The number of hydrazine groups is 3. The Kier molecular flexibility index (Phi) is 6.90. The number of carbonyl (C=O) groups is 1. The van der Waals surface area contributed by atoms with E-state index in [4.69, 9.17) is 27.9 Å². The number of ether oxygens (including phenoxy) is 1. The molecular weight excluding hydrogens is 451 g/mol. The Morgan fingerprint density at radius 1 is 1.06 bits per heavy atom. The van der Waals surface area contributed by atoms with Crippen molar-refractivity contribution in [2.24, 2.45) is 0 Å². The van der Waals surface area contributed by atoms with Crippen molar-refractivity contribution >= 4 is 29.1 Å². The molecule has 0 spiro atoms. The fourth-order valence-corrected chi connectivity index (χ4v) is 3.81. The number of nitrogens with zero attached hydrogens (tertiary/aromatic N) is 1. The number of nitrogens with one attached hydrogen (secondary N) is 5. The van der Waals surface area contributed by atoms with E-state index in [1.165, 1.54) is 0 Å². The van der Waals surface area contributed by atoms with E-state index in [9.17, 15) is 4.79 Å². The molecule has 32 heavy (non-hydrogen) atoms. The molecule has 2 aromatic carbocycles. The van der Waals surface area contributed by atoms with E-state index < -0.39 is 0 Å². The first-order valence-electron chi connectivity index (χ1n) is 9.85. The van der Waals surface area contributed by atoms with E-state index in [1.807, 2.05) is 37.3 Å². The number of aromatic nitrogens is 1. The Morgan fingerprint density at radius 3 is 2.44 bits per heavy atom. The molecule has 1 aliphatic rings. The first-order chi connectivity index (χ1) is 15.5. The number of aryl methyl sites for hydroxylation is 1. The molecule has 1 fully saturated rings. The lowest BCUT2D eigenvalue weighted by atomic mass is 9.96. The van der Waals surface area contributed by atoms with Gasteiger partial charge in [-0.05, 0) is 53.9 Å². The zero-order valence-corrected chi connectivity index (χ0v) is 18.9.